The lowest BCUT2D eigenvalue weighted by atomic mass is 10.1. The molecule has 5 heteroatoms. The van der Waals surface area contributed by atoms with E-state index in [-0.39, 0.29) is 5.91 Å². The van der Waals surface area contributed by atoms with E-state index in [0.717, 1.165) is 12.0 Å². The van der Waals surface area contributed by atoms with Crippen LogP contribution in [-0.2, 0) is 11.2 Å². The molecule has 1 amide bonds. The van der Waals surface area contributed by atoms with Crippen LogP contribution in [0.25, 0.3) is 0 Å². The lowest BCUT2D eigenvalue weighted by Crippen LogP contribution is -2.37. The van der Waals surface area contributed by atoms with Gasteiger partial charge in [-0.1, -0.05) is 11.6 Å². The molecule has 3 rings (SSSR count). The molecule has 0 unspecified atom stereocenters. The molecule has 2 aliphatic rings. The number of rotatable bonds is 4. The van der Waals surface area contributed by atoms with E-state index in [2.05, 4.69) is 6.92 Å². The number of carbonyl (C=O) groups excluding carboxylic acids is 1. The van der Waals surface area contributed by atoms with E-state index in [1.54, 1.807) is 0 Å². The van der Waals surface area contributed by atoms with E-state index >= 15 is 0 Å². The van der Waals surface area contributed by atoms with Crippen molar-refractivity contribution in [1.29, 1.82) is 0 Å². The summed E-state index contributed by atoms with van der Waals surface area (Å²) in [6, 6.07) is 3.99. The fraction of sp³-hybridized carbons (Fsp3) is 0.588. The van der Waals surface area contributed by atoms with Crippen molar-refractivity contribution in [2.45, 2.75) is 38.6 Å². The molecule has 1 heterocycles. The number of fused-ring (bicyclic) bond motifs is 1. The molecule has 1 fully saturated rings. The second-order valence-electron chi connectivity index (χ2n) is 6.21. The molecule has 1 aliphatic heterocycles. The molecule has 1 saturated carbocycles. The Kier molecular flexibility index (Phi) is 4.48. The lowest BCUT2D eigenvalue weighted by molar-refractivity contribution is -0.131. The second-order valence-corrected chi connectivity index (χ2v) is 6.62. The minimum Gasteiger partial charge on any atom is -0.489 e. The number of halogens is 1. The summed E-state index contributed by atoms with van der Waals surface area (Å²) in [5.74, 6) is 2.02. The smallest absolute Gasteiger partial charge is 0.226 e. The highest BCUT2D eigenvalue weighted by Gasteiger charge is 2.32. The van der Waals surface area contributed by atoms with Gasteiger partial charge in [-0.15, -0.1) is 0 Å². The predicted octanol–water partition coefficient (Wildman–Crippen LogP) is 3.30. The van der Waals surface area contributed by atoms with Gasteiger partial charge in [-0.05, 0) is 43.4 Å². The minimum atomic E-state index is 0.116. The zero-order chi connectivity index (χ0) is 15.7. The van der Waals surface area contributed by atoms with Gasteiger partial charge < -0.3 is 14.4 Å². The minimum absolute atomic E-state index is 0.116. The zero-order valence-corrected chi connectivity index (χ0v) is 13.9. The lowest BCUT2D eigenvalue weighted by Gasteiger charge is -2.25. The summed E-state index contributed by atoms with van der Waals surface area (Å²) in [5.41, 5.74) is 0.870. The number of benzene rings is 1. The monoisotopic (exact) mass is 323 g/mol. The molecule has 0 aromatic heterocycles. The summed E-state index contributed by atoms with van der Waals surface area (Å²) in [7, 11) is 1.88. The standard InChI is InChI=1S/C17H22ClNO3/c1-11(13-4-5-13)19(2)16(20)10-12-8-14(18)17-15(9-12)21-6-3-7-22-17/h8-9,11,13H,3-7,10H2,1-2H3/t11-/m1/s1. The van der Waals surface area contributed by atoms with Crippen LogP contribution in [0.1, 0.15) is 31.7 Å². The van der Waals surface area contributed by atoms with Crippen LogP contribution in [0.4, 0.5) is 0 Å². The quantitative estimate of drug-likeness (QED) is 0.853. The summed E-state index contributed by atoms with van der Waals surface area (Å²) < 4.78 is 11.3. The van der Waals surface area contributed by atoms with Crippen molar-refractivity contribution in [3.05, 3.63) is 22.7 Å². The number of likely N-dealkylation sites (N-methyl/N-ethyl adjacent to an activating group) is 1. The Hall–Kier alpha value is -1.42. The third kappa shape index (κ3) is 3.32. The summed E-state index contributed by atoms with van der Waals surface area (Å²) in [4.78, 5) is 14.3. The van der Waals surface area contributed by atoms with Gasteiger partial charge in [0.25, 0.3) is 0 Å². The maximum atomic E-state index is 12.4. The van der Waals surface area contributed by atoms with Crippen molar-refractivity contribution < 1.29 is 14.3 Å². The topological polar surface area (TPSA) is 38.8 Å². The molecule has 0 spiro atoms. The van der Waals surface area contributed by atoms with Crippen LogP contribution >= 0.6 is 11.6 Å². The Bertz CT molecular complexity index is 571. The number of hydrogen-bond donors (Lipinski definition) is 0. The summed E-state index contributed by atoms with van der Waals surface area (Å²) in [6.45, 7) is 3.34. The number of ether oxygens (including phenoxy) is 2. The zero-order valence-electron chi connectivity index (χ0n) is 13.1. The summed E-state index contributed by atoms with van der Waals surface area (Å²) in [5, 5.41) is 0.514. The largest absolute Gasteiger partial charge is 0.489 e. The highest BCUT2D eigenvalue weighted by molar-refractivity contribution is 6.32. The van der Waals surface area contributed by atoms with E-state index in [4.69, 9.17) is 21.1 Å². The fourth-order valence-corrected chi connectivity index (χ4v) is 3.10. The molecule has 1 aliphatic carbocycles. The number of nitrogens with zero attached hydrogens (tertiary/aromatic N) is 1. The third-order valence-corrected chi connectivity index (χ3v) is 4.81. The molecule has 1 atom stereocenters. The molecule has 1 aromatic carbocycles. The Morgan fingerprint density at radius 3 is 2.82 bits per heavy atom. The normalized spacial score (nSPS) is 18.5. The van der Waals surface area contributed by atoms with E-state index in [1.807, 2.05) is 24.1 Å². The van der Waals surface area contributed by atoms with Gasteiger partial charge in [0.15, 0.2) is 11.5 Å². The van der Waals surface area contributed by atoms with Gasteiger partial charge in [-0.2, -0.15) is 0 Å². The summed E-state index contributed by atoms with van der Waals surface area (Å²) >= 11 is 6.28. The summed E-state index contributed by atoms with van der Waals surface area (Å²) in [6.07, 6.45) is 3.63. The van der Waals surface area contributed by atoms with Crippen molar-refractivity contribution in [3.63, 3.8) is 0 Å². The Morgan fingerprint density at radius 1 is 1.36 bits per heavy atom. The molecule has 0 N–H and O–H groups in total. The first-order chi connectivity index (χ1) is 10.6. The Morgan fingerprint density at radius 2 is 2.09 bits per heavy atom. The predicted molar refractivity (Wildman–Crippen MR) is 85.7 cm³/mol. The Balaban J connectivity index is 1.73. The van der Waals surface area contributed by atoms with Crippen LogP contribution in [0.3, 0.4) is 0 Å². The maximum Gasteiger partial charge on any atom is 0.226 e. The first kappa shape index (κ1) is 15.5. The van der Waals surface area contributed by atoms with E-state index in [9.17, 15) is 4.79 Å². The van der Waals surface area contributed by atoms with Gasteiger partial charge in [0.2, 0.25) is 5.91 Å². The molecule has 0 radical (unpaired) electrons. The van der Waals surface area contributed by atoms with Crippen LogP contribution in [0, 0.1) is 5.92 Å². The SMILES string of the molecule is C[C@H](C1CC1)N(C)C(=O)Cc1cc(Cl)c2c(c1)OCCCO2. The van der Waals surface area contributed by atoms with Crippen LogP contribution in [0.5, 0.6) is 11.5 Å². The van der Waals surface area contributed by atoms with Gasteiger partial charge >= 0.3 is 0 Å². The first-order valence-corrected chi connectivity index (χ1v) is 8.27. The highest BCUT2D eigenvalue weighted by atomic mass is 35.5. The number of hydrogen-bond acceptors (Lipinski definition) is 3. The van der Waals surface area contributed by atoms with Gasteiger partial charge in [-0.25, -0.2) is 0 Å². The van der Waals surface area contributed by atoms with Crippen molar-refractivity contribution in [3.8, 4) is 11.5 Å². The van der Waals surface area contributed by atoms with Crippen LogP contribution < -0.4 is 9.47 Å². The van der Waals surface area contributed by atoms with E-state index in [0.29, 0.717) is 48.1 Å². The third-order valence-electron chi connectivity index (χ3n) is 4.53. The van der Waals surface area contributed by atoms with Crippen LogP contribution in [0.15, 0.2) is 12.1 Å². The maximum absolute atomic E-state index is 12.4. The van der Waals surface area contributed by atoms with Crippen molar-refractivity contribution in [1.82, 2.24) is 4.90 Å². The average Bonchev–Trinajstić information content (AvgIpc) is 3.32. The first-order valence-electron chi connectivity index (χ1n) is 7.90. The van der Waals surface area contributed by atoms with Gasteiger partial charge in [0.1, 0.15) is 0 Å². The van der Waals surface area contributed by atoms with Crippen molar-refractivity contribution in [2.75, 3.05) is 20.3 Å². The van der Waals surface area contributed by atoms with Gasteiger partial charge in [0.05, 0.1) is 24.7 Å². The molecule has 120 valence electrons. The Labute approximate surface area is 136 Å². The van der Waals surface area contributed by atoms with E-state index in [1.165, 1.54) is 12.8 Å². The number of amides is 1. The molecular formula is C17H22ClNO3. The molecule has 4 nitrogen and oxygen atoms in total. The molecule has 0 saturated heterocycles. The molecule has 1 aromatic rings. The number of carbonyl (C=O) groups is 1. The van der Waals surface area contributed by atoms with Crippen LogP contribution in [0.2, 0.25) is 5.02 Å². The van der Waals surface area contributed by atoms with Gasteiger partial charge in [0, 0.05) is 19.5 Å². The second kappa shape index (κ2) is 6.37. The molecular weight excluding hydrogens is 302 g/mol. The van der Waals surface area contributed by atoms with Gasteiger partial charge in [-0.3, -0.25) is 4.79 Å². The van der Waals surface area contributed by atoms with Crippen LogP contribution in [-0.4, -0.2) is 37.1 Å². The highest BCUT2D eigenvalue weighted by Crippen LogP contribution is 2.38. The molecule has 0 bridgehead atoms. The van der Waals surface area contributed by atoms with Crippen molar-refractivity contribution in [2.24, 2.45) is 5.92 Å². The fourth-order valence-electron chi connectivity index (χ4n) is 2.81. The molecule has 22 heavy (non-hydrogen) atoms. The van der Waals surface area contributed by atoms with E-state index < -0.39 is 0 Å². The average molecular weight is 324 g/mol. The van der Waals surface area contributed by atoms with Crippen molar-refractivity contribution >= 4 is 17.5 Å².